The summed E-state index contributed by atoms with van der Waals surface area (Å²) in [4.78, 5) is 189. The van der Waals surface area contributed by atoms with E-state index in [0.717, 1.165) is 30.5 Å². The number of primary amides is 1. The van der Waals surface area contributed by atoms with Gasteiger partial charge in [0.1, 0.15) is 71.5 Å². The molecule has 2 bridgehead atoms. The van der Waals surface area contributed by atoms with Gasteiger partial charge in [0.25, 0.3) is 0 Å². The smallest absolute Gasteiger partial charge is 0.246 e. The van der Waals surface area contributed by atoms with Crippen LogP contribution in [-0.4, -0.2) is 235 Å². The summed E-state index contributed by atoms with van der Waals surface area (Å²) < 4.78 is 0. The molecule has 0 spiro atoms. The quantitative estimate of drug-likeness (QED) is 0.128. The number of fused-ring (bicyclic) bond motifs is 4. The largest absolute Gasteiger partial charge is 0.393 e. The van der Waals surface area contributed by atoms with Crippen LogP contribution in [0.25, 0.3) is 0 Å². The highest BCUT2D eigenvalue weighted by Gasteiger charge is 2.48. The van der Waals surface area contributed by atoms with Crippen molar-refractivity contribution in [3.8, 4) is 0 Å². The molecule has 1 aromatic rings. The molecule has 0 aromatic heterocycles. The van der Waals surface area contributed by atoms with Gasteiger partial charge in [-0.15, -0.1) is 0 Å². The Kier molecular flexibility index (Phi) is 33.1. The number of nitrogens with two attached hydrogens (primary N) is 1. The van der Waals surface area contributed by atoms with Gasteiger partial charge >= 0.3 is 0 Å². The number of rotatable bonds is 11. The maximum absolute atomic E-state index is 15.2. The summed E-state index contributed by atoms with van der Waals surface area (Å²) in [7, 11) is 0. The molecule has 616 valence electrons. The first-order valence-corrected chi connectivity index (χ1v) is 41.3. The predicted molar refractivity (Wildman–Crippen MR) is 414 cm³/mol. The summed E-state index contributed by atoms with van der Waals surface area (Å²) in [5.74, 6) is -11.1. The second kappa shape index (κ2) is 40.5. The average molecular weight is 1580 g/mol. The number of thioether (sulfide) groups is 2. The maximum atomic E-state index is 15.2. The summed E-state index contributed by atoms with van der Waals surface area (Å²) in [6, 6.07) is -6.34. The molecule has 7 rings (SSSR count). The van der Waals surface area contributed by atoms with Crippen LogP contribution in [0.15, 0.2) is 24.3 Å². The minimum absolute atomic E-state index is 0.0191. The number of aliphatic hydroxyl groups is 4. The van der Waals surface area contributed by atoms with E-state index in [-0.39, 0.29) is 73.6 Å². The first-order valence-electron chi connectivity index (χ1n) is 39.0. The van der Waals surface area contributed by atoms with Crippen LogP contribution in [-0.2, 0) is 73.8 Å². The fourth-order valence-corrected chi connectivity index (χ4v) is 17.3. The first kappa shape index (κ1) is 90.0. The molecule has 6 aliphatic rings. The van der Waals surface area contributed by atoms with E-state index in [1.165, 1.54) is 76.9 Å². The van der Waals surface area contributed by atoms with Crippen LogP contribution >= 0.6 is 23.5 Å². The van der Waals surface area contributed by atoms with Gasteiger partial charge in [-0.2, -0.15) is 23.5 Å². The molecular weight excluding hydrogens is 1460 g/mol. The molecule has 4 aliphatic heterocycles. The van der Waals surface area contributed by atoms with E-state index < -0.39 is 184 Å². The Labute approximate surface area is 654 Å². The third kappa shape index (κ3) is 25.4. The number of piperidine rings is 1. The molecule has 4 heterocycles. The van der Waals surface area contributed by atoms with Crippen molar-refractivity contribution in [3.63, 3.8) is 0 Å². The van der Waals surface area contributed by atoms with E-state index >= 15 is 4.79 Å². The number of amides is 13. The van der Waals surface area contributed by atoms with E-state index in [9.17, 15) is 78.0 Å². The van der Waals surface area contributed by atoms with Gasteiger partial charge in [0, 0.05) is 36.5 Å². The fourth-order valence-electron chi connectivity index (χ4n) is 15.3. The van der Waals surface area contributed by atoms with Crippen LogP contribution < -0.4 is 74.9 Å². The third-order valence-corrected chi connectivity index (χ3v) is 24.7. The summed E-state index contributed by atoms with van der Waals surface area (Å²) in [5, 5.41) is 80.3. The average Bonchev–Trinajstić information content (AvgIpc) is 1.23. The number of hydrogen-bond donors (Lipinski definition) is 18. The number of nitrogens with zero attached hydrogens (tertiary/aromatic N) is 1. The van der Waals surface area contributed by atoms with Crippen molar-refractivity contribution >= 4 is 100 Å². The van der Waals surface area contributed by atoms with Crippen molar-refractivity contribution in [3.05, 3.63) is 35.4 Å². The van der Waals surface area contributed by atoms with Crippen LogP contribution in [0.5, 0.6) is 0 Å². The Morgan fingerprint density at radius 1 is 0.609 bits per heavy atom. The van der Waals surface area contributed by atoms with Gasteiger partial charge in [-0.25, -0.2) is 0 Å². The van der Waals surface area contributed by atoms with Crippen molar-refractivity contribution in [1.29, 1.82) is 0 Å². The minimum atomic E-state index is -1.84. The number of hydrogen-bond acceptors (Lipinski definition) is 21. The van der Waals surface area contributed by atoms with Gasteiger partial charge < -0.3 is 100 Å². The zero-order valence-electron chi connectivity index (χ0n) is 65.8. The zero-order chi connectivity index (χ0) is 81.3. The van der Waals surface area contributed by atoms with Crippen molar-refractivity contribution in [2.45, 2.75) is 293 Å². The monoisotopic (exact) mass is 1580 g/mol. The van der Waals surface area contributed by atoms with Crippen molar-refractivity contribution in [2.75, 3.05) is 31.1 Å². The van der Waals surface area contributed by atoms with E-state index in [1.54, 1.807) is 34.6 Å². The topological polar surface area (TPSA) is 488 Å². The van der Waals surface area contributed by atoms with Gasteiger partial charge in [-0.1, -0.05) is 58.9 Å². The van der Waals surface area contributed by atoms with Crippen LogP contribution in [0.4, 0.5) is 0 Å². The molecule has 16 atom stereocenters. The Hall–Kier alpha value is -7.21. The molecule has 3 unspecified atom stereocenters. The van der Waals surface area contributed by atoms with E-state index in [4.69, 9.17) is 5.73 Å². The Bertz CT molecular complexity index is 3420. The van der Waals surface area contributed by atoms with Crippen molar-refractivity contribution < 1.29 is 82.8 Å². The molecule has 2 aliphatic carbocycles. The molecular formula is C76H123N15O17S2. The third-order valence-electron chi connectivity index (χ3n) is 22.5. The number of aliphatic hydroxyl groups excluding tert-OH is 4. The number of nitrogens with one attached hydrogen (secondary N) is 13. The summed E-state index contributed by atoms with van der Waals surface area (Å²) in [6.07, 6.45) is 1.65. The summed E-state index contributed by atoms with van der Waals surface area (Å²) in [6.45, 7) is 19.0. The molecule has 1 aromatic carbocycles. The van der Waals surface area contributed by atoms with Gasteiger partial charge in [-0.3, -0.25) is 62.3 Å². The van der Waals surface area contributed by atoms with Gasteiger partial charge in [0.05, 0.1) is 30.6 Å². The number of carbonyl (C=O) groups excluding carboxylic acids is 13. The lowest BCUT2D eigenvalue weighted by Gasteiger charge is -2.37. The molecule has 110 heavy (non-hydrogen) atoms. The van der Waals surface area contributed by atoms with Gasteiger partial charge in [-0.05, 0) is 197 Å². The highest BCUT2D eigenvalue weighted by atomic mass is 32.2. The number of carbonyl (C=O) groups is 13. The summed E-state index contributed by atoms with van der Waals surface area (Å²) in [5.41, 5.74) is 2.80. The Balaban J connectivity index is 1.21. The lowest BCUT2D eigenvalue weighted by atomic mass is 9.82. The van der Waals surface area contributed by atoms with Gasteiger partial charge in [0.15, 0.2) is 0 Å². The molecule has 19 N–H and O–H groups in total. The minimum Gasteiger partial charge on any atom is -0.393 e. The molecule has 34 heteroatoms. The second-order valence-corrected chi connectivity index (χ2v) is 35.3. The first-order chi connectivity index (χ1) is 51.6. The highest BCUT2D eigenvalue weighted by Crippen LogP contribution is 2.34. The molecule has 32 nitrogen and oxygen atoms in total. The van der Waals surface area contributed by atoms with E-state index in [2.05, 4.69) is 69.1 Å². The lowest BCUT2D eigenvalue weighted by molar-refractivity contribution is -0.144. The second-order valence-electron chi connectivity index (χ2n) is 33.3. The predicted octanol–water partition coefficient (Wildman–Crippen LogP) is -0.903. The highest BCUT2D eigenvalue weighted by molar-refractivity contribution is 7.98. The lowest BCUT2D eigenvalue weighted by Crippen LogP contribution is -2.67. The molecule has 2 saturated carbocycles. The fraction of sp³-hybridized carbons (Fsp3) is 0.750. The molecule has 3 saturated heterocycles. The molecule has 5 fully saturated rings. The number of benzene rings is 1. The Morgan fingerprint density at radius 3 is 1.73 bits per heavy atom. The van der Waals surface area contributed by atoms with Crippen LogP contribution in [0.3, 0.4) is 0 Å². The van der Waals surface area contributed by atoms with Crippen LogP contribution in [0.1, 0.15) is 191 Å². The van der Waals surface area contributed by atoms with E-state index in [0.29, 0.717) is 75.8 Å². The van der Waals surface area contributed by atoms with Crippen LogP contribution in [0.2, 0.25) is 0 Å². The normalized spacial score (nSPS) is 33.4. The molecule has 13 amide bonds. The van der Waals surface area contributed by atoms with Gasteiger partial charge in [0.2, 0.25) is 76.8 Å². The molecule has 0 radical (unpaired) electrons. The van der Waals surface area contributed by atoms with Crippen LogP contribution in [0, 0.1) is 35.0 Å². The summed E-state index contributed by atoms with van der Waals surface area (Å²) >= 11 is 2.57. The maximum Gasteiger partial charge on any atom is 0.246 e. The van der Waals surface area contributed by atoms with Crippen molar-refractivity contribution in [1.82, 2.24) is 74.0 Å². The zero-order valence-corrected chi connectivity index (χ0v) is 67.5. The standard InChI is InChI=1S/C76H123N15O17S2/c1-39(2)76(12)73(108)87-59(42(5)93)69(104)85-55(61(77)97)37-109-35-46-16-13-17-47(30-46)36-110-38-56(81-43(6)94)64(99)88-60(74(7,8)9)70(105)84-54(32-45-22-26-50(96)27-23-45)71(106)91-29-15-19-57(91)67(102)86-58(41(4)92)68(103)83-53(33-48-34-79-62-51(48)18-14-28-78-62)65(100)89-75(10,11)72(107)80-40(3)63(98)82-52(66(101)90-76)31-44-20-24-49(95)25-21-44/h13,16-17,30,39-42,44-45,48-60,62,78-79,92-93,95-96H,14-15,18-29,31-38H2,1-12H3,(H2,77,97)(H,80,107)(H,81,94)(H,82,98)(H,83,103)(H,84,105)(H,85,104)(H,86,102)(H,87,108)(H,88,99)(H,89,100)(H,90,101)/t40-,41+,42+,44?,45?,48?,49?,50?,51?,52-,53-,54-,55-,56-,57-,58-,59-,60+,62?,76-/m0/s1. The Morgan fingerprint density at radius 2 is 1.15 bits per heavy atom. The van der Waals surface area contributed by atoms with E-state index in [1.807, 2.05) is 24.3 Å². The van der Waals surface area contributed by atoms with Crippen molar-refractivity contribution in [2.24, 2.45) is 40.7 Å². The SMILES string of the molecule is CC(=O)N[C@H]1CSCc2cccc(c2)CSC[C@@H](C(N)=O)NC(=O)[C@H]([C@@H](C)O)NC(=O)[C@](C)(C(C)C)NC(=O)[C@H](CC2CCC(O)CC2)NC(=O)[C@H](C)NC(=O)C(C)(C)NC(=O)[C@H](CC2CNC3NCCCC23)NC(=O)[C@H]([C@@H](C)O)NC(=O)[C@@H]2CCCN2C(=O)[C@H](CC2CCC(O)CC2)NC(=O)[C@H](C(C)(C)C)NC1=O.